The highest BCUT2D eigenvalue weighted by molar-refractivity contribution is 6.06. The molecule has 1 aromatic carbocycles. The molecule has 17 heavy (non-hydrogen) atoms. The fraction of sp³-hybridized carbons (Fsp3) is 0.533. The van der Waals surface area contributed by atoms with Crippen LogP contribution >= 0.6 is 0 Å². The summed E-state index contributed by atoms with van der Waals surface area (Å²) in [5.41, 5.74) is 7.65. The van der Waals surface area contributed by atoms with Crippen molar-refractivity contribution in [3.63, 3.8) is 0 Å². The van der Waals surface area contributed by atoms with Gasteiger partial charge in [-0.1, -0.05) is 57.2 Å². The maximum Gasteiger partial charge on any atom is 0.0948 e. The van der Waals surface area contributed by atoms with E-state index in [-0.39, 0.29) is 0 Å². The monoisotopic (exact) mass is 229 g/mol. The lowest BCUT2D eigenvalue weighted by Crippen LogP contribution is -1.96. The summed E-state index contributed by atoms with van der Waals surface area (Å²) in [7, 11) is 0. The quantitative estimate of drug-likeness (QED) is 0.620. The van der Waals surface area contributed by atoms with E-state index in [2.05, 4.69) is 29.6 Å². The molecule has 0 saturated heterocycles. The Morgan fingerprint density at radius 1 is 0.941 bits per heavy atom. The third kappa shape index (κ3) is 3.32. The highest BCUT2D eigenvalue weighted by Gasteiger charge is 2.15. The SMILES string of the molecule is CCCCCCCCC1=N[N]c2ccccc21. The molecule has 0 amide bonds. The van der Waals surface area contributed by atoms with Gasteiger partial charge in [0.2, 0.25) is 0 Å². The predicted molar refractivity (Wildman–Crippen MR) is 72.8 cm³/mol. The first-order valence-electron chi connectivity index (χ1n) is 6.79. The largest absolute Gasteiger partial charge is 0.154 e. The van der Waals surface area contributed by atoms with Crippen molar-refractivity contribution < 1.29 is 0 Å². The maximum atomic E-state index is 4.28. The average molecular weight is 229 g/mol. The van der Waals surface area contributed by atoms with Crippen LogP contribution in [-0.2, 0) is 0 Å². The van der Waals surface area contributed by atoms with Crippen LogP contribution < -0.4 is 5.43 Å². The van der Waals surface area contributed by atoms with E-state index in [9.17, 15) is 0 Å². The Bertz CT molecular complexity index is 382. The van der Waals surface area contributed by atoms with E-state index in [1.165, 1.54) is 49.8 Å². The Morgan fingerprint density at radius 3 is 2.59 bits per heavy atom. The van der Waals surface area contributed by atoms with Gasteiger partial charge in [0.25, 0.3) is 0 Å². The van der Waals surface area contributed by atoms with E-state index in [0.29, 0.717) is 0 Å². The Kier molecular flexibility index (Phi) is 4.60. The molecule has 0 aliphatic carbocycles. The standard InChI is InChI=1S/C15H21N2/c1-2-3-4-5-6-7-11-14-13-10-8-9-12-15(13)17-16-14/h8-10,12H,2-7,11H2,1H3. The Balaban J connectivity index is 1.71. The molecule has 0 spiro atoms. The highest BCUT2D eigenvalue weighted by atomic mass is 15.3. The molecule has 1 radical (unpaired) electrons. The molecule has 0 aromatic heterocycles. The van der Waals surface area contributed by atoms with E-state index in [1.807, 2.05) is 12.1 Å². The molecule has 91 valence electrons. The average Bonchev–Trinajstić information content (AvgIpc) is 2.77. The number of hydrogen-bond donors (Lipinski definition) is 0. The normalized spacial score (nSPS) is 13.1. The molecule has 0 fully saturated rings. The van der Waals surface area contributed by atoms with E-state index in [4.69, 9.17) is 0 Å². The number of hydrogen-bond acceptors (Lipinski definition) is 1. The Labute approximate surface area is 104 Å². The lowest BCUT2D eigenvalue weighted by atomic mass is 10.0. The molecule has 1 heterocycles. The molecule has 0 N–H and O–H groups in total. The first-order chi connectivity index (χ1) is 8.42. The summed E-state index contributed by atoms with van der Waals surface area (Å²) < 4.78 is 0. The lowest BCUT2D eigenvalue weighted by Gasteiger charge is -2.02. The zero-order valence-corrected chi connectivity index (χ0v) is 10.7. The van der Waals surface area contributed by atoms with Crippen molar-refractivity contribution in [3.05, 3.63) is 29.8 Å². The maximum absolute atomic E-state index is 4.28. The molecule has 1 aliphatic heterocycles. The van der Waals surface area contributed by atoms with E-state index in [1.54, 1.807) is 0 Å². The van der Waals surface area contributed by atoms with Gasteiger partial charge in [-0.25, -0.2) is 0 Å². The highest BCUT2D eigenvalue weighted by Crippen LogP contribution is 2.24. The van der Waals surface area contributed by atoms with Gasteiger partial charge in [-0.15, -0.1) is 0 Å². The molecule has 2 rings (SSSR count). The summed E-state index contributed by atoms with van der Waals surface area (Å²) in [6, 6.07) is 8.25. The van der Waals surface area contributed by atoms with Crippen LogP contribution in [0.2, 0.25) is 0 Å². The van der Waals surface area contributed by atoms with E-state index >= 15 is 0 Å². The molecule has 2 nitrogen and oxygen atoms in total. The second-order valence-corrected chi connectivity index (χ2v) is 4.68. The van der Waals surface area contributed by atoms with Crippen LogP contribution in [-0.4, -0.2) is 5.71 Å². The van der Waals surface area contributed by atoms with Gasteiger partial charge in [-0.3, -0.25) is 0 Å². The number of fused-ring (bicyclic) bond motifs is 1. The van der Waals surface area contributed by atoms with Crippen LogP contribution in [0.5, 0.6) is 0 Å². The molecule has 0 saturated carbocycles. The number of unbranched alkanes of at least 4 members (excludes halogenated alkanes) is 5. The van der Waals surface area contributed by atoms with Gasteiger partial charge < -0.3 is 0 Å². The Morgan fingerprint density at radius 2 is 1.71 bits per heavy atom. The third-order valence-electron chi connectivity index (χ3n) is 3.26. The molecule has 1 aromatic rings. The topological polar surface area (TPSA) is 26.5 Å². The van der Waals surface area contributed by atoms with Crippen molar-refractivity contribution in [2.45, 2.75) is 51.9 Å². The van der Waals surface area contributed by atoms with Gasteiger partial charge in [0, 0.05) is 5.56 Å². The molecular weight excluding hydrogens is 208 g/mol. The van der Waals surface area contributed by atoms with Crippen LogP contribution in [0.3, 0.4) is 0 Å². The van der Waals surface area contributed by atoms with E-state index < -0.39 is 0 Å². The smallest absolute Gasteiger partial charge is 0.0948 e. The summed E-state index contributed by atoms with van der Waals surface area (Å²) in [5.74, 6) is 0. The number of nitrogens with zero attached hydrogens (tertiary/aromatic N) is 2. The van der Waals surface area contributed by atoms with Crippen molar-refractivity contribution >= 4 is 11.4 Å². The molecule has 0 bridgehead atoms. The molecule has 2 heteroatoms. The second kappa shape index (κ2) is 6.43. The molecule has 0 unspecified atom stereocenters. The van der Waals surface area contributed by atoms with Crippen LogP contribution in [0.1, 0.15) is 57.4 Å². The van der Waals surface area contributed by atoms with Crippen LogP contribution in [0, 0.1) is 0 Å². The fourth-order valence-corrected chi connectivity index (χ4v) is 2.23. The summed E-state index contributed by atoms with van der Waals surface area (Å²) in [4.78, 5) is 0. The predicted octanol–water partition coefficient (Wildman–Crippen LogP) is 4.39. The molecule has 1 aliphatic rings. The first kappa shape index (κ1) is 12.2. The van der Waals surface area contributed by atoms with Crippen molar-refractivity contribution in [2.75, 3.05) is 0 Å². The summed E-state index contributed by atoms with van der Waals surface area (Å²) in [5, 5.41) is 4.28. The Hall–Kier alpha value is -1.31. The second-order valence-electron chi connectivity index (χ2n) is 4.68. The zero-order valence-electron chi connectivity index (χ0n) is 10.7. The third-order valence-corrected chi connectivity index (χ3v) is 3.26. The van der Waals surface area contributed by atoms with E-state index in [0.717, 1.165) is 12.1 Å². The first-order valence-corrected chi connectivity index (χ1v) is 6.79. The van der Waals surface area contributed by atoms with Crippen LogP contribution in [0.25, 0.3) is 0 Å². The number of benzene rings is 1. The number of rotatable bonds is 7. The molecule has 0 atom stereocenters. The summed E-state index contributed by atoms with van der Waals surface area (Å²) >= 11 is 0. The van der Waals surface area contributed by atoms with Crippen LogP contribution in [0.15, 0.2) is 29.4 Å². The van der Waals surface area contributed by atoms with Crippen molar-refractivity contribution in [2.24, 2.45) is 5.10 Å². The van der Waals surface area contributed by atoms with Gasteiger partial charge in [-0.2, -0.15) is 10.5 Å². The van der Waals surface area contributed by atoms with Crippen molar-refractivity contribution in [3.8, 4) is 0 Å². The minimum Gasteiger partial charge on any atom is -0.154 e. The summed E-state index contributed by atoms with van der Waals surface area (Å²) in [6.07, 6.45) is 9.07. The van der Waals surface area contributed by atoms with Gasteiger partial charge in [0.15, 0.2) is 0 Å². The van der Waals surface area contributed by atoms with Crippen LogP contribution in [0.4, 0.5) is 5.69 Å². The molecular formula is C15H21N2. The minimum atomic E-state index is 1.04. The van der Waals surface area contributed by atoms with Gasteiger partial charge in [0.1, 0.15) is 0 Å². The fourth-order valence-electron chi connectivity index (χ4n) is 2.23. The zero-order chi connectivity index (χ0) is 11.9. The van der Waals surface area contributed by atoms with Gasteiger partial charge >= 0.3 is 0 Å². The van der Waals surface area contributed by atoms with Crippen molar-refractivity contribution in [1.29, 1.82) is 0 Å². The summed E-state index contributed by atoms with van der Waals surface area (Å²) in [6.45, 7) is 2.26. The minimum absolute atomic E-state index is 1.04. The lowest BCUT2D eigenvalue weighted by molar-refractivity contribution is 0.615. The van der Waals surface area contributed by atoms with Gasteiger partial charge in [0.05, 0.1) is 11.4 Å². The van der Waals surface area contributed by atoms with Gasteiger partial charge in [-0.05, 0) is 18.9 Å². The van der Waals surface area contributed by atoms with Crippen molar-refractivity contribution in [1.82, 2.24) is 5.43 Å².